The first kappa shape index (κ1) is 31.1. The van der Waals surface area contributed by atoms with Crippen molar-refractivity contribution in [3.05, 3.63) is 112 Å². The highest BCUT2D eigenvalue weighted by Gasteiger charge is 2.52. The number of carbonyl (C=O) groups excluding carboxylic acids is 1. The van der Waals surface area contributed by atoms with Crippen LogP contribution in [0.1, 0.15) is 61.3 Å². The topological polar surface area (TPSA) is 59.0 Å². The maximum absolute atomic E-state index is 14.7. The molecule has 7 heteroatoms. The van der Waals surface area contributed by atoms with E-state index in [0.29, 0.717) is 48.9 Å². The number of aliphatic hydroxyl groups is 1. The number of aliphatic hydroxyl groups excluding tert-OH is 1. The molecule has 1 amide bonds. The van der Waals surface area contributed by atoms with E-state index in [1.54, 1.807) is 7.11 Å². The molecular formula is C34H39Cl2NO4. The molecule has 1 fully saturated rings. The van der Waals surface area contributed by atoms with Crippen LogP contribution in [-0.4, -0.2) is 42.3 Å². The highest BCUT2D eigenvalue weighted by molar-refractivity contribution is 6.30. The Morgan fingerprint density at radius 3 is 2.41 bits per heavy atom. The molecule has 1 heterocycles. The zero-order valence-electron chi connectivity index (χ0n) is 23.8. The van der Waals surface area contributed by atoms with Gasteiger partial charge in [-0.2, -0.15) is 0 Å². The third kappa shape index (κ3) is 7.15. The minimum atomic E-state index is -0.750. The Kier molecular flexibility index (Phi) is 10.9. The maximum atomic E-state index is 14.7. The van der Waals surface area contributed by atoms with Gasteiger partial charge in [0.1, 0.15) is 5.75 Å². The number of piperidine rings is 1. The molecular weight excluding hydrogens is 557 g/mol. The van der Waals surface area contributed by atoms with Crippen molar-refractivity contribution in [3.8, 4) is 5.75 Å². The summed E-state index contributed by atoms with van der Waals surface area (Å²) in [6.45, 7) is 6.74. The van der Waals surface area contributed by atoms with Gasteiger partial charge in [-0.1, -0.05) is 72.6 Å². The summed E-state index contributed by atoms with van der Waals surface area (Å²) in [6.07, 6.45) is 4.07. The van der Waals surface area contributed by atoms with Gasteiger partial charge < -0.3 is 19.5 Å². The third-order valence-corrected chi connectivity index (χ3v) is 8.72. The highest BCUT2D eigenvalue weighted by atomic mass is 35.5. The number of benzene rings is 3. The van der Waals surface area contributed by atoms with E-state index in [0.717, 1.165) is 22.4 Å². The fourth-order valence-corrected chi connectivity index (χ4v) is 6.37. The molecule has 1 saturated heterocycles. The van der Waals surface area contributed by atoms with Gasteiger partial charge in [-0.25, -0.2) is 0 Å². The third-order valence-electron chi connectivity index (χ3n) is 8.23. The number of rotatable bonds is 13. The van der Waals surface area contributed by atoms with Crippen molar-refractivity contribution in [2.24, 2.45) is 5.41 Å². The van der Waals surface area contributed by atoms with Crippen LogP contribution in [0.5, 0.6) is 5.75 Å². The molecule has 4 atom stereocenters. The number of ether oxygens (including phenoxy) is 2. The molecule has 0 radical (unpaired) electrons. The summed E-state index contributed by atoms with van der Waals surface area (Å²) in [5, 5.41) is 11.8. The van der Waals surface area contributed by atoms with Crippen molar-refractivity contribution < 1.29 is 19.4 Å². The van der Waals surface area contributed by atoms with Crippen molar-refractivity contribution >= 4 is 29.1 Å². The van der Waals surface area contributed by atoms with Gasteiger partial charge >= 0.3 is 0 Å². The lowest BCUT2D eigenvalue weighted by Crippen LogP contribution is -2.57. The van der Waals surface area contributed by atoms with E-state index in [1.807, 2.05) is 84.6 Å². The standard InChI is InChI=1S/C34H39Cl2NO4/c1-4-17-34(18-19-41-23-24-9-15-30(40-3)16-10-24)21-31(26-7-6-8-28(36)20-26)32(25-11-13-27(35)14-12-25)37(33(34)39)29(5-2)22-38/h4,6-16,20,29,31-32,38H,1,5,17-19,21-23H2,2-3H3/t29?,31?,32-,34+/m1/s1. The number of carbonyl (C=O) groups is 1. The van der Waals surface area contributed by atoms with Crippen molar-refractivity contribution in [2.75, 3.05) is 20.3 Å². The summed E-state index contributed by atoms with van der Waals surface area (Å²) in [7, 11) is 1.64. The molecule has 0 saturated carbocycles. The minimum absolute atomic E-state index is 0.0181. The Labute approximate surface area is 253 Å². The van der Waals surface area contributed by atoms with Gasteiger partial charge in [0.05, 0.1) is 37.8 Å². The molecule has 3 aromatic rings. The summed E-state index contributed by atoms with van der Waals surface area (Å²) in [6, 6.07) is 22.7. The van der Waals surface area contributed by atoms with Crippen LogP contribution in [0.4, 0.5) is 0 Å². The predicted octanol–water partition coefficient (Wildman–Crippen LogP) is 8.00. The van der Waals surface area contributed by atoms with Gasteiger partial charge in [-0.05, 0) is 78.8 Å². The second-order valence-corrected chi connectivity index (χ2v) is 11.6. The summed E-state index contributed by atoms with van der Waals surface area (Å²) >= 11 is 12.7. The van der Waals surface area contributed by atoms with Crippen molar-refractivity contribution in [3.63, 3.8) is 0 Å². The number of hydrogen-bond donors (Lipinski definition) is 1. The van der Waals surface area contributed by atoms with E-state index in [-0.39, 0.29) is 30.5 Å². The van der Waals surface area contributed by atoms with E-state index < -0.39 is 5.41 Å². The monoisotopic (exact) mass is 595 g/mol. The molecule has 1 aliphatic heterocycles. The van der Waals surface area contributed by atoms with Crippen LogP contribution in [0.2, 0.25) is 10.0 Å². The first-order valence-corrected chi connectivity index (χ1v) is 14.9. The molecule has 0 aliphatic carbocycles. The molecule has 0 aromatic heterocycles. The number of allylic oxidation sites excluding steroid dienone is 1. The van der Waals surface area contributed by atoms with Crippen LogP contribution < -0.4 is 4.74 Å². The van der Waals surface area contributed by atoms with Crippen LogP contribution in [0, 0.1) is 5.41 Å². The van der Waals surface area contributed by atoms with Gasteiger partial charge in [-0.15, -0.1) is 6.58 Å². The first-order valence-electron chi connectivity index (χ1n) is 14.1. The molecule has 5 nitrogen and oxygen atoms in total. The number of likely N-dealkylation sites (tertiary alicyclic amines) is 1. The number of methoxy groups -OCH3 is 1. The van der Waals surface area contributed by atoms with Crippen LogP contribution in [-0.2, 0) is 16.1 Å². The Balaban J connectivity index is 1.71. The van der Waals surface area contributed by atoms with E-state index in [2.05, 4.69) is 12.6 Å². The van der Waals surface area contributed by atoms with Crippen LogP contribution in [0.25, 0.3) is 0 Å². The highest BCUT2D eigenvalue weighted by Crippen LogP contribution is 2.53. The average Bonchev–Trinajstić information content (AvgIpc) is 2.99. The van der Waals surface area contributed by atoms with Crippen molar-refractivity contribution in [2.45, 2.75) is 57.2 Å². The molecule has 1 aliphatic rings. The van der Waals surface area contributed by atoms with Crippen LogP contribution in [0.3, 0.4) is 0 Å². The molecule has 218 valence electrons. The van der Waals surface area contributed by atoms with Crippen molar-refractivity contribution in [1.82, 2.24) is 4.90 Å². The molecule has 4 rings (SSSR count). The summed E-state index contributed by atoms with van der Waals surface area (Å²) in [4.78, 5) is 16.6. The zero-order chi connectivity index (χ0) is 29.4. The average molecular weight is 597 g/mol. The Morgan fingerprint density at radius 1 is 1.07 bits per heavy atom. The fourth-order valence-electron chi connectivity index (χ4n) is 6.05. The lowest BCUT2D eigenvalue weighted by Gasteiger charge is -2.53. The quantitative estimate of drug-likeness (QED) is 0.161. The molecule has 1 N–H and O–H groups in total. The molecule has 0 spiro atoms. The van der Waals surface area contributed by atoms with Gasteiger partial charge in [0, 0.05) is 22.6 Å². The normalized spacial score (nSPS) is 21.5. The summed E-state index contributed by atoms with van der Waals surface area (Å²) < 4.78 is 11.4. The largest absolute Gasteiger partial charge is 0.497 e. The molecule has 2 unspecified atom stereocenters. The van der Waals surface area contributed by atoms with E-state index >= 15 is 0 Å². The summed E-state index contributed by atoms with van der Waals surface area (Å²) in [5.41, 5.74) is 2.31. The summed E-state index contributed by atoms with van der Waals surface area (Å²) in [5.74, 6) is 0.738. The smallest absolute Gasteiger partial charge is 0.230 e. The van der Waals surface area contributed by atoms with Gasteiger partial charge in [0.2, 0.25) is 5.91 Å². The maximum Gasteiger partial charge on any atom is 0.230 e. The molecule has 41 heavy (non-hydrogen) atoms. The predicted molar refractivity (Wildman–Crippen MR) is 166 cm³/mol. The first-order chi connectivity index (χ1) is 19.9. The SMILES string of the molecule is C=CC[C@]1(CCOCc2ccc(OC)cc2)CC(c2cccc(Cl)c2)[C@@H](c2ccc(Cl)cc2)N(C(CC)CO)C1=O. The lowest BCUT2D eigenvalue weighted by molar-refractivity contribution is -0.159. The Hall–Kier alpha value is -2.83. The number of hydrogen-bond acceptors (Lipinski definition) is 4. The van der Waals surface area contributed by atoms with E-state index in [9.17, 15) is 9.90 Å². The van der Waals surface area contributed by atoms with Crippen LogP contribution >= 0.6 is 23.2 Å². The molecule has 3 aromatic carbocycles. The Bertz CT molecular complexity index is 1290. The van der Waals surface area contributed by atoms with E-state index in [4.69, 9.17) is 32.7 Å². The van der Waals surface area contributed by atoms with Crippen molar-refractivity contribution in [1.29, 1.82) is 0 Å². The van der Waals surface area contributed by atoms with E-state index in [1.165, 1.54) is 0 Å². The van der Waals surface area contributed by atoms with Crippen LogP contribution in [0.15, 0.2) is 85.5 Å². The Morgan fingerprint density at radius 2 is 1.80 bits per heavy atom. The second kappa shape index (κ2) is 14.4. The fraction of sp³-hybridized carbons (Fsp3) is 0.382. The van der Waals surface area contributed by atoms with Gasteiger partial charge in [-0.3, -0.25) is 4.79 Å². The van der Waals surface area contributed by atoms with Gasteiger partial charge in [0.25, 0.3) is 0 Å². The number of halogens is 2. The minimum Gasteiger partial charge on any atom is -0.497 e. The molecule has 0 bridgehead atoms. The van der Waals surface area contributed by atoms with Gasteiger partial charge in [0.15, 0.2) is 0 Å². The second-order valence-electron chi connectivity index (χ2n) is 10.7. The number of nitrogens with zero attached hydrogens (tertiary/aromatic N) is 1. The zero-order valence-corrected chi connectivity index (χ0v) is 25.3. The number of amides is 1. The lowest BCUT2D eigenvalue weighted by atomic mass is 9.64.